The van der Waals surface area contributed by atoms with Crippen LogP contribution in [0.2, 0.25) is 0 Å². The summed E-state index contributed by atoms with van der Waals surface area (Å²) < 4.78 is 13.0. The molecule has 0 saturated carbocycles. The molecule has 2 heterocycles. The fraction of sp³-hybridized carbons (Fsp3) is 0.409. The van der Waals surface area contributed by atoms with Gasteiger partial charge in [0.25, 0.3) is 5.91 Å². The maximum atomic E-state index is 13.0. The third-order valence-corrected chi connectivity index (χ3v) is 5.79. The van der Waals surface area contributed by atoms with Crippen molar-refractivity contribution in [1.29, 1.82) is 0 Å². The number of hydrogen-bond donors (Lipinski definition) is 0. The molecular formula is C22H25FN2O. The number of anilines is 1. The van der Waals surface area contributed by atoms with Crippen molar-refractivity contribution in [3.63, 3.8) is 0 Å². The number of carbonyl (C=O) groups excluding carboxylic acids is 1. The molecule has 1 amide bonds. The highest BCUT2D eigenvalue weighted by Crippen LogP contribution is 2.29. The monoisotopic (exact) mass is 352 g/mol. The zero-order valence-corrected chi connectivity index (χ0v) is 15.2. The molecule has 2 aliphatic rings. The third kappa shape index (κ3) is 3.46. The molecule has 0 bridgehead atoms. The van der Waals surface area contributed by atoms with Crippen molar-refractivity contribution in [3.05, 3.63) is 65.0 Å². The molecule has 0 N–H and O–H groups in total. The van der Waals surface area contributed by atoms with Gasteiger partial charge in [-0.15, -0.1) is 0 Å². The molecule has 0 spiro atoms. The maximum absolute atomic E-state index is 13.0. The minimum Gasteiger partial charge on any atom is -0.374 e. The van der Waals surface area contributed by atoms with E-state index in [9.17, 15) is 9.18 Å². The van der Waals surface area contributed by atoms with Crippen molar-refractivity contribution < 1.29 is 9.18 Å². The number of benzene rings is 2. The second-order valence-electron chi connectivity index (χ2n) is 7.58. The first kappa shape index (κ1) is 17.1. The first-order valence-electron chi connectivity index (χ1n) is 9.48. The van der Waals surface area contributed by atoms with Gasteiger partial charge in [-0.25, -0.2) is 4.39 Å². The van der Waals surface area contributed by atoms with Crippen LogP contribution >= 0.6 is 0 Å². The first-order chi connectivity index (χ1) is 12.6. The molecule has 2 aliphatic heterocycles. The standard InChI is InChI=1S/C22H25FN2O/c1-24-11-10-18-15-19(4-7-21(18)24)22(26)25-12-8-17(9-13-25)14-16-2-5-20(23)6-3-16/h2-7,15,17H,8-14H2,1H3. The van der Waals surface area contributed by atoms with Gasteiger partial charge in [-0.05, 0) is 73.1 Å². The van der Waals surface area contributed by atoms with Crippen LogP contribution in [0.3, 0.4) is 0 Å². The fourth-order valence-corrected chi connectivity index (χ4v) is 4.18. The van der Waals surface area contributed by atoms with Gasteiger partial charge in [-0.2, -0.15) is 0 Å². The lowest BCUT2D eigenvalue weighted by Gasteiger charge is -2.32. The Labute approximate surface area is 154 Å². The summed E-state index contributed by atoms with van der Waals surface area (Å²) in [5, 5.41) is 0. The van der Waals surface area contributed by atoms with Crippen LogP contribution in [-0.4, -0.2) is 37.5 Å². The topological polar surface area (TPSA) is 23.6 Å². The van der Waals surface area contributed by atoms with E-state index in [1.165, 1.54) is 28.9 Å². The summed E-state index contributed by atoms with van der Waals surface area (Å²) in [4.78, 5) is 17.1. The Hall–Kier alpha value is -2.36. The Morgan fingerprint density at radius 1 is 1.08 bits per heavy atom. The van der Waals surface area contributed by atoms with Crippen LogP contribution in [0.1, 0.15) is 34.3 Å². The summed E-state index contributed by atoms with van der Waals surface area (Å²) >= 11 is 0. The molecule has 4 rings (SSSR count). The van der Waals surface area contributed by atoms with Crippen LogP contribution in [0.25, 0.3) is 0 Å². The van der Waals surface area contributed by atoms with E-state index in [1.807, 2.05) is 23.1 Å². The number of hydrogen-bond acceptors (Lipinski definition) is 2. The molecule has 26 heavy (non-hydrogen) atoms. The molecule has 0 atom stereocenters. The van der Waals surface area contributed by atoms with Crippen LogP contribution in [0, 0.1) is 11.7 Å². The molecule has 2 aromatic carbocycles. The van der Waals surface area contributed by atoms with E-state index in [1.54, 1.807) is 0 Å². The normalized spacial score (nSPS) is 17.5. The van der Waals surface area contributed by atoms with Crippen molar-refractivity contribution in [3.8, 4) is 0 Å². The van der Waals surface area contributed by atoms with Crippen molar-refractivity contribution in [2.24, 2.45) is 5.92 Å². The molecule has 0 aromatic heterocycles. The van der Waals surface area contributed by atoms with Gasteiger partial charge in [0.05, 0.1) is 0 Å². The van der Waals surface area contributed by atoms with Crippen molar-refractivity contribution in [1.82, 2.24) is 4.90 Å². The Kier molecular flexibility index (Phi) is 4.66. The molecule has 0 radical (unpaired) electrons. The van der Waals surface area contributed by atoms with Crippen LogP contribution in [0.15, 0.2) is 42.5 Å². The number of halogens is 1. The van der Waals surface area contributed by atoms with Gasteiger partial charge in [-0.3, -0.25) is 4.79 Å². The number of amides is 1. The lowest BCUT2D eigenvalue weighted by molar-refractivity contribution is 0.0690. The summed E-state index contributed by atoms with van der Waals surface area (Å²) in [6.45, 7) is 2.64. The average molecular weight is 352 g/mol. The maximum Gasteiger partial charge on any atom is 0.253 e. The van der Waals surface area contributed by atoms with Crippen molar-refractivity contribution in [2.45, 2.75) is 25.7 Å². The smallest absolute Gasteiger partial charge is 0.253 e. The van der Waals surface area contributed by atoms with Gasteiger partial charge < -0.3 is 9.80 Å². The fourth-order valence-electron chi connectivity index (χ4n) is 4.18. The molecule has 0 aliphatic carbocycles. The Balaban J connectivity index is 1.35. The Bertz CT molecular complexity index is 794. The number of carbonyl (C=O) groups is 1. The zero-order chi connectivity index (χ0) is 18.1. The average Bonchev–Trinajstić information content (AvgIpc) is 3.04. The molecule has 136 valence electrons. The number of nitrogens with zero attached hydrogens (tertiary/aromatic N) is 2. The second kappa shape index (κ2) is 7.10. The second-order valence-corrected chi connectivity index (χ2v) is 7.58. The van der Waals surface area contributed by atoms with E-state index in [4.69, 9.17) is 0 Å². The minimum atomic E-state index is -0.185. The summed E-state index contributed by atoms with van der Waals surface area (Å²) in [6.07, 6.45) is 4.01. The molecule has 4 heteroatoms. The van der Waals surface area contributed by atoms with Crippen LogP contribution < -0.4 is 4.90 Å². The molecule has 1 saturated heterocycles. The number of piperidine rings is 1. The van der Waals surface area contributed by atoms with Gasteiger partial charge in [-0.1, -0.05) is 12.1 Å². The van der Waals surface area contributed by atoms with Crippen LogP contribution in [0.5, 0.6) is 0 Å². The summed E-state index contributed by atoms with van der Waals surface area (Å²) in [6, 6.07) is 12.9. The summed E-state index contributed by atoms with van der Waals surface area (Å²) in [5.74, 6) is 0.537. The molecule has 0 unspecified atom stereocenters. The van der Waals surface area contributed by atoms with Crippen molar-refractivity contribution in [2.75, 3.05) is 31.6 Å². The Morgan fingerprint density at radius 2 is 1.81 bits per heavy atom. The lowest BCUT2D eigenvalue weighted by atomic mass is 9.90. The summed E-state index contributed by atoms with van der Waals surface area (Å²) in [7, 11) is 2.10. The largest absolute Gasteiger partial charge is 0.374 e. The quantitative estimate of drug-likeness (QED) is 0.836. The van der Waals surface area contributed by atoms with E-state index in [0.29, 0.717) is 5.92 Å². The highest BCUT2D eigenvalue weighted by molar-refractivity contribution is 5.95. The number of fused-ring (bicyclic) bond motifs is 1. The van der Waals surface area contributed by atoms with Crippen molar-refractivity contribution >= 4 is 11.6 Å². The predicted octanol–water partition coefficient (Wildman–Crippen LogP) is 3.91. The van der Waals surface area contributed by atoms with E-state index < -0.39 is 0 Å². The van der Waals surface area contributed by atoms with Gasteiger partial charge in [0.15, 0.2) is 0 Å². The first-order valence-corrected chi connectivity index (χ1v) is 9.48. The number of rotatable bonds is 3. The molecule has 1 fully saturated rings. The molecule has 2 aromatic rings. The van der Waals surface area contributed by atoms with Crippen LogP contribution in [0.4, 0.5) is 10.1 Å². The van der Waals surface area contributed by atoms with Gasteiger partial charge in [0.1, 0.15) is 5.82 Å². The van der Waals surface area contributed by atoms with Crippen LogP contribution in [-0.2, 0) is 12.8 Å². The zero-order valence-electron chi connectivity index (χ0n) is 15.2. The van der Waals surface area contributed by atoms with E-state index in [0.717, 1.165) is 50.9 Å². The minimum absolute atomic E-state index is 0.155. The van der Waals surface area contributed by atoms with Gasteiger partial charge in [0.2, 0.25) is 0 Å². The van der Waals surface area contributed by atoms with E-state index in [-0.39, 0.29) is 11.7 Å². The molecule has 3 nitrogen and oxygen atoms in total. The summed E-state index contributed by atoms with van der Waals surface area (Å²) in [5.41, 5.74) is 4.53. The highest BCUT2D eigenvalue weighted by atomic mass is 19.1. The Morgan fingerprint density at radius 3 is 2.54 bits per heavy atom. The molecular weight excluding hydrogens is 327 g/mol. The highest BCUT2D eigenvalue weighted by Gasteiger charge is 2.25. The lowest BCUT2D eigenvalue weighted by Crippen LogP contribution is -2.38. The van der Waals surface area contributed by atoms with Gasteiger partial charge in [0, 0.05) is 37.9 Å². The number of likely N-dealkylation sites (tertiary alicyclic amines) is 1. The van der Waals surface area contributed by atoms with E-state index >= 15 is 0 Å². The number of likely N-dealkylation sites (N-methyl/N-ethyl adjacent to an activating group) is 1. The van der Waals surface area contributed by atoms with E-state index in [2.05, 4.69) is 24.1 Å². The predicted molar refractivity (Wildman–Crippen MR) is 102 cm³/mol. The van der Waals surface area contributed by atoms with Gasteiger partial charge >= 0.3 is 0 Å². The SMILES string of the molecule is CN1CCc2cc(C(=O)N3CCC(Cc4ccc(F)cc4)CC3)ccc21. The third-order valence-electron chi connectivity index (χ3n) is 5.79.